The second-order valence-electron chi connectivity index (χ2n) is 14.9. The van der Waals surface area contributed by atoms with Crippen molar-refractivity contribution >= 4 is 35.2 Å². The zero-order valence-corrected chi connectivity index (χ0v) is 30.4. The molecule has 2 saturated heterocycles. The highest BCUT2D eigenvalue weighted by molar-refractivity contribution is 7.13. The average Bonchev–Trinajstić information content (AvgIpc) is 3.61. The van der Waals surface area contributed by atoms with E-state index in [1.807, 2.05) is 78.2 Å². The van der Waals surface area contributed by atoms with Crippen molar-refractivity contribution in [3.05, 3.63) is 41.0 Å². The lowest BCUT2D eigenvalue weighted by atomic mass is 9.85. The van der Waals surface area contributed by atoms with E-state index in [2.05, 4.69) is 20.5 Å². The molecule has 48 heavy (non-hydrogen) atoms. The summed E-state index contributed by atoms with van der Waals surface area (Å²) in [5, 5.41) is 16.6. The first-order chi connectivity index (χ1) is 22.4. The normalized spacial score (nSPS) is 20.3. The molecule has 1 aromatic carbocycles. The molecule has 0 saturated carbocycles. The highest BCUT2D eigenvalue weighted by atomic mass is 32.1. The predicted octanol–water partition coefficient (Wildman–Crippen LogP) is 3.73. The minimum atomic E-state index is -0.884. The van der Waals surface area contributed by atoms with Crippen molar-refractivity contribution in [1.29, 1.82) is 0 Å². The fourth-order valence-corrected chi connectivity index (χ4v) is 6.96. The van der Waals surface area contributed by atoms with E-state index < -0.39 is 35.1 Å². The number of hydrogen-bond donors (Lipinski definition) is 3. The lowest BCUT2D eigenvalue weighted by molar-refractivity contribution is -0.144. The number of aryl methyl sites for hydroxylation is 1. The van der Waals surface area contributed by atoms with Gasteiger partial charge in [-0.25, -0.2) is 9.78 Å². The zero-order valence-electron chi connectivity index (χ0n) is 29.5. The zero-order chi connectivity index (χ0) is 35.4. The van der Waals surface area contributed by atoms with Gasteiger partial charge in [-0.1, -0.05) is 45.0 Å². The topological polar surface area (TPSA) is 144 Å². The Kier molecular flexibility index (Phi) is 11.9. The van der Waals surface area contributed by atoms with E-state index >= 15 is 0 Å². The van der Waals surface area contributed by atoms with Gasteiger partial charge in [0.1, 0.15) is 17.7 Å². The van der Waals surface area contributed by atoms with Gasteiger partial charge in [0.25, 0.3) is 0 Å². The minimum absolute atomic E-state index is 0.0125. The molecule has 4 amide bonds. The first-order valence-electron chi connectivity index (χ1n) is 16.7. The molecule has 2 aromatic rings. The van der Waals surface area contributed by atoms with Gasteiger partial charge in [0, 0.05) is 52.6 Å². The third-order valence-corrected chi connectivity index (χ3v) is 9.70. The molecule has 264 valence electrons. The van der Waals surface area contributed by atoms with Crippen LogP contribution in [0.15, 0.2) is 29.8 Å². The fourth-order valence-electron chi connectivity index (χ4n) is 6.15. The number of amides is 4. The summed E-state index contributed by atoms with van der Waals surface area (Å²) in [6.45, 7) is 17.6. The van der Waals surface area contributed by atoms with E-state index in [0.29, 0.717) is 39.1 Å². The van der Waals surface area contributed by atoms with Gasteiger partial charge in [0.05, 0.1) is 28.2 Å². The molecule has 0 bridgehead atoms. The van der Waals surface area contributed by atoms with Crippen molar-refractivity contribution in [3.8, 4) is 10.4 Å². The molecule has 4 rings (SSSR count). The number of rotatable bonds is 9. The summed E-state index contributed by atoms with van der Waals surface area (Å²) in [6.07, 6.45) is -0.466. The molecule has 0 radical (unpaired) electrons. The highest BCUT2D eigenvalue weighted by Crippen LogP contribution is 2.30. The van der Waals surface area contributed by atoms with Crippen LogP contribution in [0.2, 0.25) is 0 Å². The number of carbonyl (C=O) groups is 4. The molecular weight excluding hydrogens is 632 g/mol. The fraction of sp³-hybridized carbons (Fsp3) is 0.629. The van der Waals surface area contributed by atoms with Crippen LogP contribution in [0.3, 0.4) is 0 Å². The van der Waals surface area contributed by atoms with E-state index in [9.17, 15) is 24.3 Å². The van der Waals surface area contributed by atoms with Gasteiger partial charge in [-0.05, 0) is 50.7 Å². The first-order valence-corrected chi connectivity index (χ1v) is 17.6. The van der Waals surface area contributed by atoms with Gasteiger partial charge in [0.2, 0.25) is 17.7 Å². The lowest BCUT2D eigenvalue weighted by Gasteiger charge is -2.36. The number of hydrogen-bond acceptors (Lipinski definition) is 9. The first kappa shape index (κ1) is 37.3. The molecule has 3 N–H and O–H groups in total. The largest absolute Gasteiger partial charge is 0.444 e. The number of thiazole rings is 1. The molecule has 0 unspecified atom stereocenters. The van der Waals surface area contributed by atoms with Crippen LogP contribution in [0.4, 0.5) is 4.79 Å². The molecule has 4 atom stereocenters. The van der Waals surface area contributed by atoms with Crippen molar-refractivity contribution in [2.45, 2.75) is 98.1 Å². The van der Waals surface area contributed by atoms with Crippen molar-refractivity contribution < 1.29 is 29.0 Å². The van der Waals surface area contributed by atoms with Crippen molar-refractivity contribution in [3.63, 3.8) is 0 Å². The maximum Gasteiger partial charge on any atom is 0.410 e. The number of ether oxygens (including phenoxy) is 1. The quantitative estimate of drug-likeness (QED) is 0.363. The molecule has 0 spiro atoms. The number of aromatic nitrogens is 1. The van der Waals surface area contributed by atoms with Crippen LogP contribution in [0, 0.1) is 12.3 Å². The van der Waals surface area contributed by atoms with E-state index in [0.717, 1.165) is 21.7 Å². The van der Waals surface area contributed by atoms with Gasteiger partial charge in [-0.2, -0.15) is 0 Å². The van der Waals surface area contributed by atoms with Gasteiger partial charge in [0.15, 0.2) is 0 Å². The SMILES string of the molecule is CC(=O)N[C@H](C(=O)N1C[C@H](O)C[C@H]1C(=O)N[C@@H](CCN1CCN(C(=O)OC(C)(C)C)CC1)c1ccc(-c2scnc2C)cc1)C(C)(C)C. The maximum atomic E-state index is 14.0. The van der Waals surface area contributed by atoms with E-state index in [4.69, 9.17) is 4.74 Å². The maximum absolute atomic E-state index is 14.0. The number of nitrogens with zero attached hydrogens (tertiary/aromatic N) is 4. The van der Waals surface area contributed by atoms with Crippen LogP contribution in [0.1, 0.15) is 78.6 Å². The van der Waals surface area contributed by atoms with Crippen LogP contribution < -0.4 is 10.6 Å². The summed E-state index contributed by atoms with van der Waals surface area (Å²) in [5.41, 5.74) is 3.59. The summed E-state index contributed by atoms with van der Waals surface area (Å²) in [5.74, 6) is -1.08. The van der Waals surface area contributed by atoms with Gasteiger partial charge < -0.3 is 30.3 Å². The molecule has 2 fully saturated rings. The number of likely N-dealkylation sites (tertiary alicyclic amines) is 1. The molecule has 13 heteroatoms. The third kappa shape index (κ3) is 9.76. The number of aliphatic hydroxyl groups excluding tert-OH is 1. The second-order valence-corrected chi connectivity index (χ2v) is 15.8. The standard InChI is InChI=1S/C35H52N6O6S/c1-22-29(48-21-36-22)25-11-9-24(10-12-25)27(13-14-39-15-17-40(18-16-39)33(46)47-35(6,7)8)38-31(44)28-19-26(43)20-41(28)32(45)30(34(3,4)5)37-23(2)42/h9-12,21,26-28,30,43H,13-20H2,1-8H3,(H,37,42)(H,38,44)/t26-,27+,28+,30-/m1/s1. The number of carbonyl (C=O) groups excluding carboxylic acids is 4. The predicted molar refractivity (Wildman–Crippen MR) is 185 cm³/mol. The van der Waals surface area contributed by atoms with Crippen LogP contribution in [0.5, 0.6) is 0 Å². The monoisotopic (exact) mass is 684 g/mol. The number of β-amino-alcohol motifs (C(OH)–C–C–N with tert-alkyl or cyclic N) is 1. The number of nitrogens with one attached hydrogen (secondary N) is 2. The van der Waals surface area contributed by atoms with E-state index in [1.54, 1.807) is 16.2 Å². The summed E-state index contributed by atoms with van der Waals surface area (Å²) < 4.78 is 5.54. The van der Waals surface area contributed by atoms with Crippen LogP contribution in [0.25, 0.3) is 10.4 Å². The molecule has 2 aliphatic rings. The Bertz CT molecular complexity index is 1440. The molecule has 2 aliphatic heterocycles. The van der Waals surface area contributed by atoms with Crippen molar-refractivity contribution in [2.75, 3.05) is 39.3 Å². The summed E-state index contributed by atoms with van der Waals surface area (Å²) in [7, 11) is 0. The average molecular weight is 685 g/mol. The Hall–Kier alpha value is -3.55. The minimum Gasteiger partial charge on any atom is -0.444 e. The van der Waals surface area contributed by atoms with Crippen LogP contribution >= 0.6 is 11.3 Å². The Labute approximate surface area is 288 Å². The molecule has 0 aliphatic carbocycles. The molecule has 1 aromatic heterocycles. The summed E-state index contributed by atoms with van der Waals surface area (Å²) >= 11 is 1.58. The van der Waals surface area contributed by atoms with E-state index in [1.165, 1.54) is 11.8 Å². The summed E-state index contributed by atoms with van der Waals surface area (Å²) in [6, 6.07) is 5.98. The smallest absolute Gasteiger partial charge is 0.410 e. The Morgan fingerprint density at radius 3 is 2.21 bits per heavy atom. The van der Waals surface area contributed by atoms with Crippen LogP contribution in [-0.4, -0.2) is 112 Å². The summed E-state index contributed by atoms with van der Waals surface area (Å²) in [4.78, 5) is 63.2. The number of piperazine rings is 1. The Morgan fingerprint density at radius 2 is 1.67 bits per heavy atom. The Balaban J connectivity index is 1.50. The second kappa shape index (κ2) is 15.3. The van der Waals surface area contributed by atoms with Gasteiger partial charge in [-0.3, -0.25) is 19.3 Å². The molecule has 12 nitrogen and oxygen atoms in total. The number of benzene rings is 1. The molecule has 3 heterocycles. The number of aliphatic hydroxyl groups is 1. The highest BCUT2D eigenvalue weighted by Gasteiger charge is 2.44. The Morgan fingerprint density at radius 1 is 1.02 bits per heavy atom. The van der Waals surface area contributed by atoms with Crippen molar-refractivity contribution in [1.82, 2.24) is 30.3 Å². The van der Waals surface area contributed by atoms with Gasteiger partial charge in [-0.15, -0.1) is 11.3 Å². The third-order valence-electron chi connectivity index (χ3n) is 8.72. The van der Waals surface area contributed by atoms with Crippen LogP contribution in [-0.2, 0) is 19.1 Å². The van der Waals surface area contributed by atoms with Crippen molar-refractivity contribution in [2.24, 2.45) is 5.41 Å². The lowest BCUT2D eigenvalue weighted by Crippen LogP contribution is -2.57. The van der Waals surface area contributed by atoms with Gasteiger partial charge >= 0.3 is 6.09 Å². The van der Waals surface area contributed by atoms with E-state index in [-0.39, 0.29) is 36.9 Å². The molecular formula is C35H52N6O6S.